The number of amides is 2. The van der Waals surface area contributed by atoms with Gasteiger partial charge < -0.3 is 24.2 Å². The highest BCUT2D eigenvalue weighted by Gasteiger charge is 2.51. The van der Waals surface area contributed by atoms with Crippen LogP contribution < -0.4 is 5.32 Å². The number of nitrogens with zero attached hydrogens (tertiary/aromatic N) is 1. The van der Waals surface area contributed by atoms with Gasteiger partial charge >= 0.3 is 0 Å². The Labute approximate surface area is 243 Å². The van der Waals surface area contributed by atoms with Gasteiger partial charge in [-0.3, -0.25) is 9.59 Å². The Morgan fingerprint density at radius 2 is 1.56 bits per heavy atom. The van der Waals surface area contributed by atoms with Crippen LogP contribution in [-0.2, 0) is 22.5 Å². The maximum absolute atomic E-state index is 15.6. The summed E-state index contributed by atoms with van der Waals surface area (Å²) in [5.41, 5.74) is 3.11. The molecule has 41 heavy (non-hydrogen) atoms. The van der Waals surface area contributed by atoms with Gasteiger partial charge in [0.05, 0.1) is 25.2 Å². The first-order chi connectivity index (χ1) is 19.7. The Balaban J connectivity index is 1.37. The molecule has 0 spiro atoms. The molecule has 4 rings (SSSR count). The first kappa shape index (κ1) is 30.6. The zero-order chi connectivity index (χ0) is 29.4. The van der Waals surface area contributed by atoms with E-state index in [1.54, 1.807) is 30.1 Å². The molecule has 0 bridgehead atoms. The number of rotatable bonds is 12. The summed E-state index contributed by atoms with van der Waals surface area (Å²) in [5.74, 6) is -0.293. The van der Waals surface area contributed by atoms with E-state index in [0.717, 1.165) is 23.2 Å². The van der Waals surface area contributed by atoms with Crippen LogP contribution in [0.3, 0.4) is 0 Å². The lowest BCUT2D eigenvalue weighted by atomic mass is 9.95. The number of aliphatic hydroxyl groups excluding tert-OH is 1. The zero-order valence-electron chi connectivity index (χ0n) is 24.1. The predicted molar refractivity (Wildman–Crippen MR) is 163 cm³/mol. The van der Waals surface area contributed by atoms with E-state index in [1.807, 2.05) is 79.7 Å². The summed E-state index contributed by atoms with van der Waals surface area (Å²) in [6.45, 7) is 5.94. The fourth-order valence-corrected chi connectivity index (χ4v) is 8.50. The molecule has 1 heterocycles. The SMILES string of the molecule is C[C@@H]1[C@@H]([Si](C)(C)F)[C@H](CC(=O)N(CCO)Cc2ccccc2)O[C@@H]1CCc1ccc(NC(=O)c2ccccc2)cc1. The Morgan fingerprint density at radius 3 is 2.17 bits per heavy atom. The van der Waals surface area contributed by atoms with Crippen molar-refractivity contribution >= 4 is 25.9 Å². The molecule has 1 aliphatic heterocycles. The molecule has 1 saturated heterocycles. The molecule has 0 aromatic heterocycles. The van der Waals surface area contributed by atoms with Gasteiger partial charge in [-0.1, -0.05) is 67.6 Å². The lowest BCUT2D eigenvalue weighted by Gasteiger charge is -2.30. The highest BCUT2D eigenvalue weighted by Crippen LogP contribution is 2.47. The summed E-state index contributed by atoms with van der Waals surface area (Å²) >= 11 is 0. The second kappa shape index (κ2) is 14.0. The molecule has 0 aliphatic carbocycles. The molecule has 2 amide bonds. The van der Waals surface area contributed by atoms with Gasteiger partial charge in [0.15, 0.2) is 0 Å². The molecule has 0 radical (unpaired) electrons. The van der Waals surface area contributed by atoms with Gasteiger partial charge in [0.2, 0.25) is 14.3 Å². The fourth-order valence-electron chi connectivity index (χ4n) is 5.95. The highest BCUT2D eigenvalue weighted by molar-refractivity contribution is 6.72. The maximum Gasteiger partial charge on any atom is 0.255 e. The summed E-state index contributed by atoms with van der Waals surface area (Å²) in [6.07, 6.45) is 0.926. The van der Waals surface area contributed by atoms with Crippen molar-refractivity contribution in [2.75, 3.05) is 18.5 Å². The summed E-state index contributed by atoms with van der Waals surface area (Å²) in [6, 6.07) is 26.5. The topological polar surface area (TPSA) is 78.9 Å². The smallest absolute Gasteiger partial charge is 0.255 e. The van der Waals surface area contributed by atoms with Gasteiger partial charge in [-0.05, 0) is 67.2 Å². The van der Waals surface area contributed by atoms with Crippen molar-refractivity contribution in [2.45, 2.75) is 63.6 Å². The lowest BCUT2D eigenvalue weighted by Crippen LogP contribution is -2.40. The molecule has 3 aromatic carbocycles. The summed E-state index contributed by atoms with van der Waals surface area (Å²) in [7, 11) is -3.13. The number of anilines is 1. The minimum atomic E-state index is -3.13. The lowest BCUT2D eigenvalue weighted by molar-refractivity contribution is -0.135. The summed E-state index contributed by atoms with van der Waals surface area (Å²) in [4.78, 5) is 27.4. The Hall–Kier alpha value is -3.33. The second-order valence-electron chi connectivity index (χ2n) is 11.4. The van der Waals surface area contributed by atoms with E-state index >= 15 is 4.11 Å². The van der Waals surface area contributed by atoms with Crippen LogP contribution >= 0.6 is 0 Å². The quantitative estimate of drug-likeness (QED) is 0.198. The number of benzene rings is 3. The van der Waals surface area contributed by atoms with Crippen molar-refractivity contribution in [3.8, 4) is 0 Å². The predicted octanol–water partition coefficient (Wildman–Crippen LogP) is 6.23. The Morgan fingerprint density at radius 1 is 0.927 bits per heavy atom. The van der Waals surface area contributed by atoms with E-state index in [-0.39, 0.29) is 48.9 Å². The molecular formula is C33H41FN2O4Si. The zero-order valence-corrected chi connectivity index (χ0v) is 25.1. The highest BCUT2D eigenvalue weighted by atomic mass is 28.4. The molecule has 0 saturated carbocycles. The Bertz CT molecular complexity index is 1270. The summed E-state index contributed by atoms with van der Waals surface area (Å²) in [5, 5.41) is 12.5. The van der Waals surface area contributed by atoms with Crippen LogP contribution in [0.5, 0.6) is 0 Å². The van der Waals surface area contributed by atoms with Crippen LogP contribution in [0, 0.1) is 5.92 Å². The van der Waals surface area contributed by atoms with Crippen molar-refractivity contribution in [3.63, 3.8) is 0 Å². The largest absolute Gasteiger partial charge is 0.395 e. The van der Waals surface area contributed by atoms with Gasteiger partial charge in [-0.15, -0.1) is 0 Å². The molecule has 0 unspecified atom stereocenters. The van der Waals surface area contributed by atoms with Gasteiger partial charge in [0.25, 0.3) is 5.91 Å². The van der Waals surface area contributed by atoms with Crippen LogP contribution in [0.4, 0.5) is 9.80 Å². The van der Waals surface area contributed by atoms with Crippen LogP contribution in [0.2, 0.25) is 18.6 Å². The van der Waals surface area contributed by atoms with Crippen LogP contribution in [0.1, 0.15) is 41.3 Å². The van der Waals surface area contributed by atoms with E-state index in [1.165, 1.54) is 0 Å². The number of hydrogen-bond acceptors (Lipinski definition) is 4. The number of halogens is 1. The third kappa shape index (κ3) is 8.35. The second-order valence-corrected chi connectivity index (χ2v) is 15.2. The molecule has 2 N–H and O–H groups in total. The Kier molecular flexibility index (Phi) is 10.5. The van der Waals surface area contributed by atoms with E-state index in [0.29, 0.717) is 18.5 Å². The molecule has 4 atom stereocenters. The maximum atomic E-state index is 15.6. The van der Waals surface area contributed by atoms with Gasteiger partial charge in [0, 0.05) is 29.9 Å². The normalized spacial score (nSPS) is 20.5. The number of carbonyl (C=O) groups is 2. The molecular weight excluding hydrogens is 535 g/mol. The minimum Gasteiger partial charge on any atom is -0.395 e. The third-order valence-electron chi connectivity index (χ3n) is 7.98. The van der Waals surface area contributed by atoms with E-state index < -0.39 is 14.5 Å². The molecule has 1 fully saturated rings. The molecule has 6 nitrogen and oxygen atoms in total. The number of aryl methyl sites for hydroxylation is 1. The van der Waals surface area contributed by atoms with Crippen LogP contribution in [-0.4, -0.2) is 55.6 Å². The summed E-state index contributed by atoms with van der Waals surface area (Å²) < 4.78 is 22.0. The molecule has 218 valence electrons. The van der Waals surface area contributed by atoms with E-state index in [4.69, 9.17) is 4.74 Å². The van der Waals surface area contributed by atoms with Gasteiger partial charge in [0.1, 0.15) is 0 Å². The van der Waals surface area contributed by atoms with Crippen molar-refractivity contribution in [3.05, 3.63) is 102 Å². The van der Waals surface area contributed by atoms with E-state index in [2.05, 4.69) is 5.32 Å². The van der Waals surface area contributed by atoms with Crippen molar-refractivity contribution in [1.29, 1.82) is 0 Å². The number of aliphatic hydroxyl groups is 1. The molecule has 8 heteroatoms. The molecule has 3 aromatic rings. The fraction of sp³-hybridized carbons (Fsp3) is 0.394. The first-order valence-corrected chi connectivity index (χ1v) is 17.3. The van der Waals surface area contributed by atoms with Gasteiger partial charge in [-0.2, -0.15) is 0 Å². The van der Waals surface area contributed by atoms with Crippen molar-refractivity contribution < 1.29 is 23.5 Å². The molecule has 1 aliphatic rings. The van der Waals surface area contributed by atoms with Gasteiger partial charge in [-0.25, -0.2) is 0 Å². The average Bonchev–Trinajstić information content (AvgIpc) is 3.28. The number of hydrogen-bond donors (Lipinski definition) is 2. The standard InChI is InChI=1S/C33H41FN2O4Si/c1-24-29(19-16-25-14-17-28(18-15-25)35-33(39)27-12-8-5-9-13-27)40-30(32(24)41(2,3)34)22-31(38)36(20-21-37)23-26-10-6-4-7-11-26/h4-15,17-18,24,29-30,32,37H,16,19-23H2,1-3H3,(H,35,39)/t24-,29+,30-,32+/m0/s1. The van der Waals surface area contributed by atoms with E-state index in [9.17, 15) is 14.7 Å². The first-order valence-electron chi connectivity index (χ1n) is 14.4. The van der Waals surface area contributed by atoms with Crippen LogP contribution in [0.25, 0.3) is 0 Å². The number of carbonyl (C=O) groups excluding carboxylic acids is 2. The monoisotopic (exact) mass is 576 g/mol. The number of ether oxygens (including phenoxy) is 1. The van der Waals surface area contributed by atoms with Crippen molar-refractivity contribution in [2.24, 2.45) is 5.92 Å². The van der Waals surface area contributed by atoms with Crippen LogP contribution in [0.15, 0.2) is 84.9 Å². The minimum absolute atomic E-state index is 0.00989. The van der Waals surface area contributed by atoms with Crippen molar-refractivity contribution in [1.82, 2.24) is 4.90 Å². The number of nitrogens with one attached hydrogen (secondary N) is 1. The third-order valence-corrected chi connectivity index (χ3v) is 10.5. The average molecular weight is 577 g/mol.